The lowest BCUT2D eigenvalue weighted by molar-refractivity contribution is 0.274. The lowest BCUT2D eigenvalue weighted by Crippen LogP contribution is -2.05. The molecular weight excluding hydrogens is 363 g/mol. The number of ether oxygens (including phenoxy) is 1. The highest BCUT2D eigenvalue weighted by atomic mass is 35.5. The molecule has 0 fully saturated rings. The Labute approximate surface area is 172 Å². The molecule has 0 saturated carbocycles. The van der Waals surface area contributed by atoms with Crippen LogP contribution in [-0.2, 0) is 0 Å². The maximum atomic E-state index is 6.03. The summed E-state index contributed by atoms with van der Waals surface area (Å²) in [6, 6.07) is 17.0. The summed E-state index contributed by atoms with van der Waals surface area (Å²) in [6.07, 6.45) is 5.13. The first-order valence-electron chi connectivity index (χ1n) is 9.35. The second-order valence-electron chi connectivity index (χ2n) is 7.41. The molecule has 2 aromatic carbocycles. The Morgan fingerprint density at radius 1 is 0.808 bits per heavy atom. The minimum atomic E-state index is 0. The maximum absolute atomic E-state index is 6.03. The highest BCUT2D eigenvalue weighted by Gasteiger charge is 2.06. The molecule has 0 heterocycles. The first-order chi connectivity index (χ1) is 11.6. The van der Waals surface area contributed by atoms with Crippen LogP contribution in [-0.4, -0.2) is 6.61 Å². The molecule has 0 aliphatic heterocycles. The van der Waals surface area contributed by atoms with Crippen molar-refractivity contribution in [3.05, 3.63) is 54.1 Å². The summed E-state index contributed by atoms with van der Waals surface area (Å²) in [4.78, 5) is 0. The Morgan fingerprint density at radius 3 is 2.12 bits per heavy atom. The number of rotatable bonds is 9. The monoisotopic (exact) mass is 396 g/mol. The van der Waals surface area contributed by atoms with Gasteiger partial charge in [-0.25, -0.2) is 0 Å². The van der Waals surface area contributed by atoms with Gasteiger partial charge in [-0.05, 0) is 54.0 Å². The summed E-state index contributed by atoms with van der Waals surface area (Å²) in [6.45, 7) is 9.89. The minimum Gasteiger partial charge on any atom is -0.493 e. The molecule has 146 valence electrons. The quantitative estimate of drug-likeness (QED) is 0.420. The minimum absolute atomic E-state index is 0. The normalized spacial score (nSPS) is 11.4. The largest absolute Gasteiger partial charge is 0.493 e. The molecule has 0 saturated heterocycles. The summed E-state index contributed by atoms with van der Waals surface area (Å²) < 4.78 is 6.03. The number of benzene rings is 2. The second-order valence-corrected chi connectivity index (χ2v) is 7.41. The average molecular weight is 397 g/mol. The Bertz CT molecular complexity index is 611. The molecule has 1 atom stereocenters. The van der Waals surface area contributed by atoms with E-state index in [1.807, 2.05) is 0 Å². The summed E-state index contributed by atoms with van der Waals surface area (Å²) in [5, 5.41) is 0. The molecule has 0 aromatic heterocycles. The van der Waals surface area contributed by atoms with Crippen LogP contribution in [0.1, 0.15) is 52.0 Å². The van der Waals surface area contributed by atoms with Gasteiger partial charge in [-0.2, -0.15) is 0 Å². The van der Waals surface area contributed by atoms with Crippen LogP contribution >= 0.6 is 24.8 Å². The zero-order chi connectivity index (χ0) is 17.4. The van der Waals surface area contributed by atoms with Gasteiger partial charge >= 0.3 is 0 Å². The van der Waals surface area contributed by atoms with E-state index in [0.717, 1.165) is 30.6 Å². The molecule has 1 nitrogen and oxygen atoms in total. The molecule has 0 aliphatic carbocycles. The first kappa shape index (κ1) is 24.8. The lowest BCUT2D eigenvalue weighted by Gasteiger charge is -2.15. The van der Waals surface area contributed by atoms with Gasteiger partial charge < -0.3 is 4.74 Å². The van der Waals surface area contributed by atoms with E-state index in [4.69, 9.17) is 4.74 Å². The van der Waals surface area contributed by atoms with E-state index in [9.17, 15) is 0 Å². The Hall–Kier alpha value is -1.18. The van der Waals surface area contributed by atoms with Gasteiger partial charge in [0.1, 0.15) is 5.75 Å². The van der Waals surface area contributed by atoms with Crippen molar-refractivity contribution in [1.82, 2.24) is 0 Å². The summed E-state index contributed by atoms with van der Waals surface area (Å²) in [5.74, 6) is 2.58. The van der Waals surface area contributed by atoms with Crippen molar-refractivity contribution in [3.8, 4) is 16.9 Å². The van der Waals surface area contributed by atoms with E-state index in [2.05, 4.69) is 76.2 Å². The predicted molar refractivity (Wildman–Crippen MR) is 119 cm³/mol. The van der Waals surface area contributed by atoms with Crippen LogP contribution in [0.15, 0.2) is 48.5 Å². The van der Waals surface area contributed by atoms with E-state index in [-0.39, 0.29) is 24.8 Å². The lowest BCUT2D eigenvalue weighted by atomic mass is 9.98. The van der Waals surface area contributed by atoms with E-state index >= 15 is 0 Å². The molecule has 0 radical (unpaired) electrons. The molecule has 0 amide bonds. The summed E-state index contributed by atoms with van der Waals surface area (Å²) in [5.41, 5.74) is 3.72. The van der Waals surface area contributed by atoms with Crippen molar-refractivity contribution in [3.63, 3.8) is 0 Å². The van der Waals surface area contributed by atoms with Gasteiger partial charge in [-0.1, -0.05) is 76.4 Å². The summed E-state index contributed by atoms with van der Waals surface area (Å²) >= 11 is 0. The van der Waals surface area contributed by atoms with Gasteiger partial charge in [0.25, 0.3) is 0 Å². The van der Waals surface area contributed by atoms with Crippen LogP contribution < -0.4 is 4.74 Å². The van der Waals surface area contributed by atoms with Gasteiger partial charge in [-0.3, -0.25) is 0 Å². The SMILES string of the molecule is Cc1cc(-c2ccccc2)ccc1OCCC(C)CCCC(C)C.Cl.Cl. The fraction of sp³-hybridized carbons (Fsp3) is 0.478. The van der Waals surface area contributed by atoms with E-state index in [1.165, 1.54) is 36.0 Å². The van der Waals surface area contributed by atoms with Crippen molar-refractivity contribution in [2.45, 2.75) is 53.4 Å². The number of halogens is 2. The zero-order valence-corrected chi connectivity index (χ0v) is 18.2. The Morgan fingerprint density at radius 2 is 1.50 bits per heavy atom. The van der Waals surface area contributed by atoms with Crippen molar-refractivity contribution in [2.24, 2.45) is 11.8 Å². The number of aryl methyl sites for hydroxylation is 1. The Kier molecular flexibility index (Phi) is 12.5. The third kappa shape index (κ3) is 8.47. The van der Waals surface area contributed by atoms with Gasteiger partial charge in [0, 0.05) is 0 Å². The molecule has 2 aromatic rings. The molecular formula is C23H34Cl2O. The third-order valence-corrected chi connectivity index (χ3v) is 4.63. The van der Waals surface area contributed by atoms with Gasteiger partial charge in [0.05, 0.1) is 6.61 Å². The predicted octanol–water partition coefficient (Wildman–Crippen LogP) is 7.74. The number of hydrogen-bond donors (Lipinski definition) is 0. The maximum Gasteiger partial charge on any atom is 0.122 e. The Balaban J connectivity index is 0.00000312. The van der Waals surface area contributed by atoms with Crippen LogP contribution in [0, 0.1) is 18.8 Å². The average Bonchev–Trinajstić information content (AvgIpc) is 2.57. The van der Waals surface area contributed by atoms with Gasteiger partial charge in [0.2, 0.25) is 0 Å². The molecule has 0 spiro atoms. The van der Waals surface area contributed by atoms with Crippen molar-refractivity contribution in [2.75, 3.05) is 6.61 Å². The molecule has 3 heteroatoms. The van der Waals surface area contributed by atoms with Crippen molar-refractivity contribution < 1.29 is 4.74 Å². The molecule has 0 N–H and O–H groups in total. The molecule has 0 aliphatic rings. The van der Waals surface area contributed by atoms with E-state index in [1.54, 1.807) is 0 Å². The first-order valence-corrected chi connectivity index (χ1v) is 9.35. The van der Waals surface area contributed by atoms with Gasteiger partial charge in [-0.15, -0.1) is 24.8 Å². The molecule has 0 bridgehead atoms. The van der Waals surface area contributed by atoms with Gasteiger partial charge in [0.15, 0.2) is 0 Å². The zero-order valence-electron chi connectivity index (χ0n) is 16.5. The van der Waals surface area contributed by atoms with Crippen LogP contribution in [0.5, 0.6) is 5.75 Å². The molecule has 2 rings (SSSR count). The van der Waals surface area contributed by atoms with Crippen LogP contribution in [0.25, 0.3) is 11.1 Å². The van der Waals surface area contributed by atoms with Crippen molar-refractivity contribution in [1.29, 1.82) is 0 Å². The second kappa shape index (κ2) is 13.1. The topological polar surface area (TPSA) is 9.23 Å². The van der Waals surface area contributed by atoms with Crippen LogP contribution in [0.4, 0.5) is 0 Å². The third-order valence-electron chi connectivity index (χ3n) is 4.63. The smallest absolute Gasteiger partial charge is 0.122 e. The van der Waals surface area contributed by atoms with Crippen LogP contribution in [0.3, 0.4) is 0 Å². The fourth-order valence-electron chi connectivity index (χ4n) is 3.01. The van der Waals surface area contributed by atoms with E-state index < -0.39 is 0 Å². The molecule has 26 heavy (non-hydrogen) atoms. The summed E-state index contributed by atoms with van der Waals surface area (Å²) in [7, 11) is 0. The van der Waals surface area contributed by atoms with E-state index in [0.29, 0.717) is 0 Å². The number of hydrogen-bond acceptors (Lipinski definition) is 1. The van der Waals surface area contributed by atoms with Crippen LogP contribution in [0.2, 0.25) is 0 Å². The standard InChI is InChI=1S/C23H32O.2ClH/c1-18(2)9-8-10-19(3)15-16-24-23-14-13-22(17-20(23)4)21-11-6-5-7-12-21;;/h5-7,11-14,17-19H,8-10,15-16H2,1-4H3;2*1H. The molecule has 1 unspecified atom stereocenters. The highest BCUT2D eigenvalue weighted by Crippen LogP contribution is 2.26. The van der Waals surface area contributed by atoms with Crippen molar-refractivity contribution >= 4 is 24.8 Å². The highest BCUT2D eigenvalue weighted by molar-refractivity contribution is 5.85. The fourth-order valence-corrected chi connectivity index (χ4v) is 3.01.